The van der Waals surface area contributed by atoms with Gasteiger partial charge in [0, 0.05) is 19.6 Å². The van der Waals surface area contributed by atoms with Crippen LogP contribution in [0.15, 0.2) is 34.9 Å². The summed E-state index contributed by atoms with van der Waals surface area (Å²) in [5.74, 6) is 0.826. The Morgan fingerprint density at radius 1 is 1.24 bits per heavy atom. The van der Waals surface area contributed by atoms with Gasteiger partial charge < -0.3 is 14.6 Å². The van der Waals surface area contributed by atoms with E-state index in [1.807, 2.05) is 30.3 Å². The van der Waals surface area contributed by atoms with E-state index in [0.29, 0.717) is 24.8 Å². The van der Waals surface area contributed by atoms with E-state index >= 15 is 0 Å². The van der Waals surface area contributed by atoms with Crippen LogP contribution in [-0.2, 0) is 29.0 Å². The maximum absolute atomic E-state index is 12.0. The zero-order valence-corrected chi connectivity index (χ0v) is 14.6. The van der Waals surface area contributed by atoms with E-state index in [2.05, 4.69) is 34.2 Å². The van der Waals surface area contributed by atoms with Crippen LogP contribution in [-0.4, -0.2) is 46.2 Å². The molecule has 0 bridgehead atoms. The van der Waals surface area contributed by atoms with E-state index in [-0.39, 0.29) is 24.5 Å². The van der Waals surface area contributed by atoms with Gasteiger partial charge in [-0.2, -0.15) is 4.98 Å². The molecule has 25 heavy (non-hydrogen) atoms. The molecule has 0 spiro atoms. The van der Waals surface area contributed by atoms with Crippen LogP contribution in [0.1, 0.15) is 31.1 Å². The molecule has 1 saturated heterocycles. The number of nitrogens with one attached hydrogen (secondary N) is 1. The molecule has 7 heteroatoms. The van der Waals surface area contributed by atoms with Gasteiger partial charge in [0.25, 0.3) is 0 Å². The first-order valence-corrected chi connectivity index (χ1v) is 8.58. The molecule has 0 radical (unpaired) electrons. The van der Waals surface area contributed by atoms with Crippen molar-refractivity contribution in [1.29, 1.82) is 0 Å². The number of morpholine rings is 1. The molecule has 1 amide bonds. The Bertz CT molecular complexity index is 679. The van der Waals surface area contributed by atoms with Gasteiger partial charge in [0.15, 0.2) is 5.82 Å². The Morgan fingerprint density at radius 2 is 1.96 bits per heavy atom. The smallest absolute Gasteiger partial charge is 0.240 e. The number of aromatic nitrogens is 2. The molecule has 1 aliphatic rings. The van der Waals surface area contributed by atoms with Crippen molar-refractivity contribution in [3.63, 3.8) is 0 Å². The summed E-state index contributed by atoms with van der Waals surface area (Å²) < 4.78 is 11.0. The van der Waals surface area contributed by atoms with Crippen LogP contribution in [0.4, 0.5) is 0 Å². The van der Waals surface area contributed by atoms with Crippen LogP contribution < -0.4 is 5.32 Å². The van der Waals surface area contributed by atoms with Crippen LogP contribution in [0.3, 0.4) is 0 Å². The fourth-order valence-corrected chi connectivity index (χ4v) is 3.03. The first kappa shape index (κ1) is 17.6. The summed E-state index contributed by atoms with van der Waals surface area (Å²) in [5, 5.41) is 6.77. The number of hydrogen-bond acceptors (Lipinski definition) is 6. The van der Waals surface area contributed by atoms with Crippen LogP contribution in [0.25, 0.3) is 0 Å². The number of benzene rings is 1. The Kier molecular flexibility index (Phi) is 5.78. The third-order valence-electron chi connectivity index (χ3n) is 4.02. The van der Waals surface area contributed by atoms with Gasteiger partial charge >= 0.3 is 0 Å². The third-order valence-corrected chi connectivity index (χ3v) is 4.02. The zero-order chi connectivity index (χ0) is 17.6. The molecule has 1 fully saturated rings. The summed E-state index contributed by atoms with van der Waals surface area (Å²) in [5.41, 5.74) is 1.06. The van der Waals surface area contributed by atoms with Crippen molar-refractivity contribution in [3.05, 3.63) is 47.6 Å². The fraction of sp³-hybridized carbons (Fsp3) is 0.500. The van der Waals surface area contributed by atoms with Crippen molar-refractivity contribution in [2.45, 2.75) is 45.6 Å². The zero-order valence-electron chi connectivity index (χ0n) is 14.6. The monoisotopic (exact) mass is 344 g/mol. The number of carbonyl (C=O) groups excluding carboxylic acids is 1. The standard InChI is InChI=1S/C18H24N4O3/c1-13-10-22(11-14(2)24-13)12-18-20-16(21-25-18)8-17(23)19-9-15-6-4-3-5-7-15/h3-7,13-14H,8-12H2,1-2H3,(H,19,23)/t13-,14-/m1/s1. The maximum atomic E-state index is 12.0. The molecule has 1 aromatic carbocycles. The lowest BCUT2D eigenvalue weighted by Gasteiger charge is -2.34. The summed E-state index contributed by atoms with van der Waals surface area (Å²) >= 11 is 0. The SMILES string of the molecule is C[C@@H]1CN(Cc2nc(CC(=O)NCc3ccccc3)no2)C[C@@H](C)O1. The normalized spacial score (nSPS) is 21.2. The lowest BCUT2D eigenvalue weighted by molar-refractivity contribution is -0.120. The number of rotatable bonds is 6. The van der Waals surface area contributed by atoms with Gasteiger partial charge in [0.2, 0.25) is 11.8 Å². The second-order valence-electron chi connectivity index (χ2n) is 6.49. The summed E-state index contributed by atoms with van der Waals surface area (Å²) in [4.78, 5) is 18.6. The summed E-state index contributed by atoms with van der Waals surface area (Å²) in [6.45, 7) is 6.85. The third kappa shape index (κ3) is 5.37. The molecule has 3 rings (SSSR count). The highest BCUT2D eigenvalue weighted by molar-refractivity contribution is 5.77. The summed E-state index contributed by atoms with van der Waals surface area (Å²) in [7, 11) is 0. The molecule has 0 saturated carbocycles. The lowest BCUT2D eigenvalue weighted by atomic mass is 10.2. The first-order chi connectivity index (χ1) is 12.1. The molecule has 1 aromatic heterocycles. The van der Waals surface area contributed by atoms with Gasteiger partial charge in [-0.25, -0.2) is 0 Å². The molecule has 1 aliphatic heterocycles. The predicted octanol–water partition coefficient (Wildman–Crippen LogP) is 1.54. The number of hydrogen-bond donors (Lipinski definition) is 1. The lowest BCUT2D eigenvalue weighted by Crippen LogP contribution is -2.44. The highest BCUT2D eigenvalue weighted by Gasteiger charge is 2.24. The molecule has 1 N–H and O–H groups in total. The second kappa shape index (κ2) is 8.22. The van der Waals surface area contributed by atoms with Crippen LogP contribution in [0.2, 0.25) is 0 Å². The minimum Gasteiger partial charge on any atom is -0.373 e. The van der Waals surface area contributed by atoms with Crippen molar-refractivity contribution in [1.82, 2.24) is 20.4 Å². The van der Waals surface area contributed by atoms with Crippen molar-refractivity contribution >= 4 is 5.91 Å². The number of ether oxygens (including phenoxy) is 1. The first-order valence-electron chi connectivity index (χ1n) is 8.58. The summed E-state index contributed by atoms with van der Waals surface area (Å²) in [6.07, 6.45) is 0.497. The van der Waals surface area contributed by atoms with Gasteiger partial charge in [-0.15, -0.1) is 0 Å². The number of carbonyl (C=O) groups is 1. The van der Waals surface area contributed by atoms with E-state index in [1.54, 1.807) is 0 Å². The van der Waals surface area contributed by atoms with Gasteiger partial charge in [0.05, 0.1) is 25.2 Å². The highest BCUT2D eigenvalue weighted by atomic mass is 16.5. The Hall–Kier alpha value is -2.25. The van der Waals surface area contributed by atoms with Crippen molar-refractivity contribution in [2.24, 2.45) is 0 Å². The molecular formula is C18H24N4O3. The van der Waals surface area contributed by atoms with E-state index < -0.39 is 0 Å². The van der Waals surface area contributed by atoms with E-state index in [0.717, 1.165) is 18.7 Å². The molecule has 2 heterocycles. The van der Waals surface area contributed by atoms with Crippen LogP contribution in [0, 0.1) is 0 Å². The quantitative estimate of drug-likeness (QED) is 0.856. The largest absolute Gasteiger partial charge is 0.373 e. The summed E-state index contributed by atoms with van der Waals surface area (Å²) in [6, 6.07) is 9.77. The highest BCUT2D eigenvalue weighted by Crippen LogP contribution is 2.13. The molecule has 2 aromatic rings. The van der Waals surface area contributed by atoms with E-state index in [1.165, 1.54) is 0 Å². The van der Waals surface area contributed by atoms with Gasteiger partial charge in [-0.05, 0) is 19.4 Å². The molecule has 134 valence electrons. The number of nitrogens with zero attached hydrogens (tertiary/aromatic N) is 3. The van der Waals surface area contributed by atoms with Crippen molar-refractivity contribution in [2.75, 3.05) is 13.1 Å². The van der Waals surface area contributed by atoms with Crippen LogP contribution in [0.5, 0.6) is 0 Å². The van der Waals surface area contributed by atoms with Crippen molar-refractivity contribution in [3.8, 4) is 0 Å². The second-order valence-corrected chi connectivity index (χ2v) is 6.49. The van der Waals surface area contributed by atoms with Crippen molar-refractivity contribution < 1.29 is 14.1 Å². The molecular weight excluding hydrogens is 320 g/mol. The van der Waals surface area contributed by atoms with Crippen LogP contribution >= 0.6 is 0 Å². The Balaban J connectivity index is 1.47. The average Bonchev–Trinajstić information content (AvgIpc) is 3.00. The number of amides is 1. The Morgan fingerprint density at radius 3 is 2.68 bits per heavy atom. The van der Waals surface area contributed by atoms with Gasteiger partial charge in [0.1, 0.15) is 0 Å². The fourth-order valence-electron chi connectivity index (χ4n) is 3.03. The molecule has 7 nitrogen and oxygen atoms in total. The minimum atomic E-state index is -0.121. The minimum absolute atomic E-state index is 0.117. The van der Waals surface area contributed by atoms with E-state index in [9.17, 15) is 4.79 Å². The molecule has 0 unspecified atom stereocenters. The van der Waals surface area contributed by atoms with E-state index in [4.69, 9.17) is 9.26 Å². The van der Waals surface area contributed by atoms with Gasteiger partial charge in [-0.3, -0.25) is 9.69 Å². The maximum Gasteiger partial charge on any atom is 0.240 e. The Labute approximate surface area is 147 Å². The predicted molar refractivity (Wildman–Crippen MR) is 91.6 cm³/mol. The molecule has 2 atom stereocenters. The average molecular weight is 344 g/mol. The molecule has 0 aliphatic carbocycles. The topological polar surface area (TPSA) is 80.5 Å². The van der Waals surface area contributed by atoms with Gasteiger partial charge in [-0.1, -0.05) is 35.5 Å².